The summed E-state index contributed by atoms with van der Waals surface area (Å²) in [7, 11) is 0. The summed E-state index contributed by atoms with van der Waals surface area (Å²) in [5.41, 5.74) is 4.14. The molecule has 0 spiro atoms. The van der Waals surface area contributed by atoms with Gasteiger partial charge in [0.2, 0.25) is 11.8 Å². The number of nitrogens with one attached hydrogen (secondary N) is 1. The van der Waals surface area contributed by atoms with Crippen molar-refractivity contribution in [3.63, 3.8) is 0 Å². The van der Waals surface area contributed by atoms with E-state index in [9.17, 15) is 9.59 Å². The first kappa shape index (κ1) is 19.2. The molecule has 2 amide bonds. The molecule has 1 N–H and O–H groups in total. The lowest BCUT2D eigenvalue weighted by Gasteiger charge is -2.20. The van der Waals surface area contributed by atoms with Crippen LogP contribution in [0.15, 0.2) is 48.5 Å². The Labute approximate surface area is 161 Å². The fourth-order valence-corrected chi connectivity index (χ4v) is 3.57. The SMILES string of the molecule is CCCCc1ccc(NC(=O)C2CC(=O)N(c3ccccc3CC)C2)cc1. The molecule has 2 aromatic carbocycles. The van der Waals surface area contributed by atoms with Gasteiger partial charge in [-0.15, -0.1) is 0 Å². The number of hydrogen-bond acceptors (Lipinski definition) is 2. The van der Waals surface area contributed by atoms with Gasteiger partial charge in [-0.3, -0.25) is 9.59 Å². The van der Waals surface area contributed by atoms with E-state index in [0.717, 1.165) is 29.8 Å². The zero-order chi connectivity index (χ0) is 19.2. The first-order valence-electron chi connectivity index (χ1n) is 9.90. The Bertz CT molecular complexity index is 798. The molecule has 1 heterocycles. The average Bonchev–Trinajstić information content (AvgIpc) is 3.09. The van der Waals surface area contributed by atoms with Crippen LogP contribution in [0.2, 0.25) is 0 Å². The number of nitrogens with zero attached hydrogens (tertiary/aromatic N) is 1. The van der Waals surface area contributed by atoms with Crippen LogP contribution < -0.4 is 10.2 Å². The number of benzene rings is 2. The molecule has 1 aliphatic rings. The largest absolute Gasteiger partial charge is 0.326 e. The molecule has 0 radical (unpaired) electrons. The first-order valence-corrected chi connectivity index (χ1v) is 9.90. The molecule has 142 valence electrons. The lowest BCUT2D eigenvalue weighted by Crippen LogP contribution is -2.28. The number of amides is 2. The second kappa shape index (κ2) is 8.85. The van der Waals surface area contributed by atoms with E-state index in [-0.39, 0.29) is 24.2 Å². The van der Waals surface area contributed by atoms with Crippen LogP contribution in [0.1, 0.15) is 44.2 Å². The van der Waals surface area contributed by atoms with Crippen molar-refractivity contribution in [1.82, 2.24) is 0 Å². The number of unbranched alkanes of at least 4 members (excludes halogenated alkanes) is 1. The van der Waals surface area contributed by atoms with E-state index in [1.165, 1.54) is 18.4 Å². The van der Waals surface area contributed by atoms with Gasteiger partial charge in [-0.1, -0.05) is 50.6 Å². The molecule has 0 aliphatic carbocycles. The van der Waals surface area contributed by atoms with Crippen LogP contribution in [0.25, 0.3) is 0 Å². The van der Waals surface area contributed by atoms with Gasteiger partial charge in [0.25, 0.3) is 0 Å². The number of hydrogen-bond donors (Lipinski definition) is 1. The minimum atomic E-state index is -0.317. The molecular weight excluding hydrogens is 336 g/mol. The lowest BCUT2D eigenvalue weighted by atomic mass is 10.1. The van der Waals surface area contributed by atoms with Crippen LogP contribution >= 0.6 is 0 Å². The second-order valence-corrected chi connectivity index (χ2v) is 7.18. The molecule has 0 bridgehead atoms. The summed E-state index contributed by atoms with van der Waals surface area (Å²) < 4.78 is 0. The van der Waals surface area contributed by atoms with Gasteiger partial charge >= 0.3 is 0 Å². The molecule has 1 aliphatic heterocycles. The third-order valence-corrected chi connectivity index (χ3v) is 5.20. The molecule has 1 atom stereocenters. The van der Waals surface area contributed by atoms with E-state index in [2.05, 4.69) is 31.3 Å². The van der Waals surface area contributed by atoms with E-state index in [4.69, 9.17) is 0 Å². The highest BCUT2D eigenvalue weighted by Gasteiger charge is 2.35. The van der Waals surface area contributed by atoms with Crippen molar-refractivity contribution < 1.29 is 9.59 Å². The van der Waals surface area contributed by atoms with Gasteiger partial charge in [0.15, 0.2) is 0 Å². The third-order valence-electron chi connectivity index (χ3n) is 5.20. The van der Waals surface area contributed by atoms with E-state index in [1.54, 1.807) is 4.90 Å². The first-order chi connectivity index (χ1) is 13.1. The highest BCUT2D eigenvalue weighted by atomic mass is 16.2. The predicted molar refractivity (Wildman–Crippen MR) is 110 cm³/mol. The summed E-state index contributed by atoms with van der Waals surface area (Å²) in [5.74, 6) is -0.380. The molecule has 27 heavy (non-hydrogen) atoms. The Morgan fingerprint density at radius 2 is 1.85 bits per heavy atom. The molecule has 0 aromatic heterocycles. The number of rotatable bonds is 7. The molecule has 1 saturated heterocycles. The molecule has 1 fully saturated rings. The maximum atomic E-state index is 12.7. The Morgan fingerprint density at radius 1 is 1.11 bits per heavy atom. The summed E-state index contributed by atoms with van der Waals surface area (Å²) in [6, 6.07) is 16.0. The molecule has 2 aromatic rings. The predicted octanol–water partition coefficient (Wildman–Crippen LogP) is 4.58. The van der Waals surface area contributed by atoms with Crippen LogP contribution in [0.5, 0.6) is 0 Å². The van der Waals surface area contributed by atoms with Gasteiger partial charge in [0.05, 0.1) is 5.92 Å². The minimum Gasteiger partial charge on any atom is -0.326 e. The van der Waals surface area contributed by atoms with Crippen LogP contribution in [0.4, 0.5) is 11.4 Å². The highest BCUT2D eigenvalue weighted by molar-refractivity contribution is 6.03. The van der Waals surface area contributed by atoms with E-state index in [1.807, 2.05) is 36.4 Å². The van der Waals surface area contributed by atoms with Gasteiger partial charge in [-0.25, -0.2) is 0 Å². The molecule has 3 rings (SSSR count). The van der Waals surface area contributed by atoms with Gasteiger partial charge < -0.3 is 10.2 Å². The summed E-state index contributed by atoms with van der Waals surface area (Å²) >= 11 is 0. The number of carbonyl (C=O) groups is 2. The van der Waals surface area contributed by atoms with Crippen molar-refractivity contribution in [2.75, 3.05) is 16.8 Å². The molecular formula is C23H28N2O2. The van der Waals surface area contributed by atoms with Crippen molar-refractivity contribution >= 4 is 23.2 Å². The summed E-state index contributed by atoms with van der Waals surface area (Å²) in [4.78, 5) is 26.9. The highest BCUT2D eigenvalue weighted by Crippen LogP contribution is 2.29. The van der Waals surface area contributed by atoms with Crippen LogP contribution in [-0.4, -0.2) is 18.4 Å². The smallest absolute Gasteiger partial charge is 0.229 e. The van der Waals surface area contributed by atoms with Crippen molar-refractivity contribution in [1.29, 1.82) is 0 Å². The van der Waals surface area contributed by atoms with Crippen LogP contribution in [0.3, 0.4) is 0 Å². The fourth-order valence-electron chi connectivity index (χ4n) is 3.57. The molecule has 4 nitrogen and oxygen atoms in total. The normalized spacial score (nSPS) is 16.6. The summed E-state index contributed by atoms with van der Waals surface area (Å²) in [5, 5.41) is 2.97. The molecule has 4 heteroatoms. The minimum absolute atomic E-state index is 0.0194. The maximum absolute atomic E-state index is 12.7. The van der Waals surface area contributed by atoms with E-state index in [0.29, 0.717) is 6.54 Å². The van der Waals surface area contributed by atoms with Crippen molar-refractivity contribution in [2.45, 2.75) is 46.0 Å². The average molecular weight is 364 g/mol. The standard InChI is InChI=1S/C23H28N2O2/c1-3-5-8-17-11-13-20(14-12-17)24-23(27)19-15-22(26)25(16-19)21-10-7-6-9-18(21)4-2/h6-7,9-14,19H,3-5,8,15-16H2,1-2H3,(H,24,27). The molecule has 0 saturated carbocycles. The Morgan fingerprint density at radius 3 is 2.56 bits per heavy atom. The molecule has 1 unspecified atom stereocenters. The Hall–Kier alpha value is -2.62. The topological polar surface area (TPSA) is 49.4 Å². The Kier molecular flexibility index (Phi) is 6.28. The third kappa shape index (κ3) is 4.57. The Balaban J connectivity index is 1.64. The van der Waals surface area contributed by atoms with Gasteiger partial charge in [0.1, 0.15) is 0 Å². The van der Waals surface area contributed by atoms with Crippen molar-refractivity contribution in [3.8, 4) is 0 Å². The van der Waals surface area contributed by atoms with E-state index >= 15 is 0 Å². The van der Waals surface area contributed by atoms with E-state index < -0.39 is 0 Å². The zero-order valence-electron chi connectivity index (χ0n) is 16.2. The lowest BCUT2D eigenvalue weighted by molar-refractivity contribution is -0.122. The number of para-hydroxylation sites is 1. The number of aryl methyl sites for hydroxylation is 2. The monoisotopic (exact) mass is 364 g/mol. The second-order valence-electron chi connectivity index (χ2n) is 7.18. The number of anilines is 2. The summed E-state index contributed by atoms with van der Waals surface area (Å²) in [6.45, 7) is 4.70. The van der Waals surface area contributed by atoms with Crippen molar-refractivity contribution in [2.24, 2.45) is 5.92 Å². The van der Waals surface area contributed by atoms with Gasteiger partial charge in [-0.05, 0) is 48.6 Å². The maximum Gasteiger partial charge on any atom is 0.229 e. The summed E-state index contributed by atoms with van der Waals surface area (Å²) in [6.07, 6.45) is 4.53. The zero-order valence-corrected chi connectivity index (χ0v) is 16.2. The fraction of sp³-hybridized carbons (Fsp3) is 0.391. The quantitative estimate of drug-likeness (QED) is 0.781. The van der Waals surface area contributed by atoms with Crippen molar-refractivity contribution in [3.05, 3.63) is 59.7 Å². The van der Waals surface area contributed by atoms with Crippen LogP contribution in [0, 0.1) is 5.92 Å². The van der Waals surface area contributed by atoms with Gasteiger partial charge in [-0.2, -0.15) is 0 Å². The van der Waals surface area contributed by atoms with Gasteiger partial charge in [0, 0.05) is 24.3 Å². The van der Waals surface area contributed by atoms with Crippen LogP contribution in [-0.2, 0) is 22.4 Å². The number of carbonyl (C=O) groups excluding carboxylic acids is 2.